The minimum absolute atomic E-state index is 0. The van der Waals surface area contributed by atoms with Crippen LogP contribution in [0.4, 0.5) is 0 Å². The van der Waals surface area contributed by atoms with Crippen LogP contribution >= 0.6 is 35.6 Å². The number of hydrogen-bond donors (Lipinski definition) is 2. The van der Waals surface area contributed by atoms with E-state index in [2.05, 4.69) is 0 Å². The molecule has 14 heavy (non-hydrogen) atoms. The topological polar surface area (TPSA) is 46.2 Å². The minimum Gasteiger partial charge on any atom is -0.391 e. The fourth-order valence-corrected chi connectivity index (χ4v) is 1.72. The monoisotopic (exact) mass is 255 g/mol. The van der Waals surface area contributed by atoms with E-state index in [9.17, 15) is 5.11 Å². The van der Waals surface area contributed by atoms with Gasteiger partial charge in [-0.2, -0.15) is 0 Å². The lowest BCUT2D eigenvalue weighted by Crippen LogP contribution is -2.23. The van der Waals surface area contributed by atoms with E-state index in [0.29, 0.717) is 15.6 Å². The summed E-state index contributed by atoms with van der Waals surface area (Å²) in [7, 11) is 0. The highest BCUT2D eigenvalue weighted by atomic mass is 35.5. The Labute approximate surface area is 99.4 Å². The van der Waals surface area contributed by atoms with Crippen LogP contribution in [0.25, 0.3) is 0 Å². The van der Waals surface area contributed by atoms with E-state index >= 15 is 0 Å². The van der Waals surface area contributed by atoms with Crippen molar-refractivity contribution in [2.45, 2.75) is 19.1 Å². The van der Waals surface area contributed by atoms with Gasteiger partial charge in [0.2, 0.25) is 0 Å². The number of hydrogen-bond acceptors (Lipinski definition) is 2. The van der Waals surface area contributed by atoms with Gasteiger partial charge >= 0.3 is 0 Å². The number of aliphatic hydroxyl groups is 1. The molecule has 1 aromatic carbocycles. The van der Waals surface area contributed by atoms with Crippen LogP contribution < -0.4 is 5.73 Å². The first-order chi connectivity index (χ1) is 6.04. The molecule has 80 valence electrons. The van der Waals surface area contributed by atoms with Crippen molar-refractivity contribution in [1.29, 1.82) is 0 Å². The second-order valence-electron chi connectivity index (χ2n) is 2.90. The van der Waals surface area contributed by atoms with Gasteiger partial charge in [-0.3, -0.25) is 0 Å². The molecule has 0 aliphatic heterocycles. The Morgan fingerprint density at radius 1 is 1.29 bits per heavy atom. The van der Waals surface area contributed by atoms with Crippen molar-refractivity contribution >= 4 is 35.6 Å². The summed E-state index contributed by atoms with van der Waals surface area (Å²) < 4.78 is 0. The summed E-state index contributed by atoms with van der Waals surface area (Å²) in [5.74, 6) is 0. The molecule has 1 aromatic rings. The summed E-state index contributed by atoms with van der Waals surface area (Å²) in [6.07, 6.45) is -0.669. The van der Waals surface area contributed by atoms with Crippen molar-refractivity contribution in [2.24, 2.45) is 5.73 Å². The van der Waals surface area contributed by atoms with Crippen molar-refractivity contribution in [2.75, 3.05) is 0 Å². The Balaban J connectivity index is 0.00000169. The number of aliphatic hydroxyl groups excluding tert-OH is 1. The predicted molar refractivity (Wildman–Crippen MR) is 62.3 cm³/mol. The zero-order valence-electron chi connectivity index (χ0n) is 7.58. The second-order valence-corrected chi connectivity index (χ2v) is 3.72. The molecule has 5 heteroatoms. The van der Waals surface area contributed by atoms with E-state index in [-0.39, 0.29) is 12.4 Å². The molecule has 0 heterocycles. The van der Waals surface area contributed by atoms with Crippen molar-refractivity contribution in [3.05, 3.63) is 33.8 Å². The van der Waals surface area contributed by atoms with Gasteiger partial charge in [-0.25, -0.2) is 0 Å². The lowest BCUT2D eigenvalue weighted by Gasteiger charge is -2.17. The molecule has 2 atom stereocenters. The van der Waals surface area contributed by atoms with Gasteiger partial charge in [0, 0.05) is 15.6 Å². The van der Waals surface area contributed by atoms with Crippen LogP contribution in [0, 0.1) is 0 Å². The number of benzene rings is 1. The molecule has 0 bridgehead atoms. The normalized spacial score (nSPS) is 14.4. The highest BCUT2D eigenvalue weighted by Crippen LogP contribution is 2.30. The van der Waals surface area contributed by atoms with Gasteiger partial charge in [0.25, 0.3) is 0 Å². The average Bonchev–Trinajstić information content (AvgIpc) is 2.03. The van der Waals surface area contributed by atoms with Crippen LogP contribution in [0.5, 0.6) is 0 Å². The van der Waals surface area contributed by atoms with Gasteiger partial charge in [-0.15, -0.1) is 12.4 Å². The van der Waals surface area contributed by atoms with Crippen molar-refractivity contribution < 1.29 is 5.11 Å². The number of nitrogens with two attached hydrogens (primary N) is 1. The van der Waals surface area contributed by atoms with E-state index in [1.54, 1.807) is 25.1 Å². The lowest BCUT2D eigenvalue weighted by atomic mass is 10.0. The third-order valence-corrected chi connectivity index (χ3v) is 2.51. The molecule has 3 N–H and O–H groups in total. The first-order valence-electron chi connectivity index (χ1n) is 3.91. The van der Waals surface area contributed by atoms with Gasteiger partial charge < -0.3 is 10.8 Å². The van der Waals surface area contributed by atoms with Gasteiger partial charge in [0.15, 0.2) is 0 Å². The minimum atomic E-state index is -0.669. The van der Waals surface area contributed by atoms with Gasteiger partial charge in [-0.1, -0.05) is 29.3 Å². The molecule has 0 aromatic heterocycles. The maximum atomic E-state index is 9.28. The van der Waals surface area contributed by atoms with Crippen molar-refractivity contribution in [3.63, 3.8) is 0 Å². The Morgan fingerprint density at radius 3 is 2.07 bits per heavy atom. The molecule has 0 saturated heterocycles. The molecule has 0 saturated carbocycles. The summed E-state index contributed by atoms with van der Waals surface area (Å²) >= 11 is 11.8. The fourth-order valence-electron chi connectivity index (χ4n) is 1.07. The smallest absolute Gasteiger partial charge is 0.0705 e. The van der Waals surface area contributed by atoms with E-state index in [4.69, 9.17) is 28.9 Å². The molecular weight excluding hydrogens is 244 g/mol. The highest BCUT2D eigenvalue weighted by Gasteiger charge is 2.17. The maximum absolute atomic E-state index is 9.28. The quantitative estimate of drug-likeness (QED) is 0.855. The van der Waals surface area contributed by atoms with Crippen LogP contribution in [0.2, 0.25) is 10.0 Å². The largest absolute Gasteiger partial charge is 0.391 e. The summed E-state index contributed by atoms with van der Waals surface area (Å²) in [6, 6.07) is 4.60. The van der Waals surface area contributed by atoms with Gasteiger partial charge in [-0.05, 0) is 19.1 Å². The molecule has 0 amide bonds. The Kier molecular flexibility index (Phi) is 5.79. The van der Waals surface area contributed by atoms with Crippen LogP contribution in [0.1, 0.15) is 18.5 Å². The molecule has 0 unspecified atom stereocenters. The average molecular weight is 257 g/mol. The van der Waals surface area contributed by atoms with Crippen LogP contribution in [0.15, 0.2) is 18.2 Å². The van der Waals surface area contributed by atoms with Crippen molar-refractivity contribution in [3.8, 4) is 0 Å². The first kappa shape index (κ1) is 14.0. The maximum Gasteiger partial charge on any atom is 0.0705 e. The standard InChI is InChI=1S/C9H11Cl2NO.ClH/c1-5(13)9(12)8-6(10)3-2-4-7(8)11;/h2-5,9,13H,12H2,1H3;1H/t5-,9-;/m0./s1. The van der Waals surface area contributed by atoms with Crippen LogP contribution in [-0.4, -0.2) is 11.2 Å². The zero-order valence-corrected chi connectivity index (χ0v) is 9.90. The van der Waals surface area contributed by atoms with E-state index in [0.717, 1.165) is 0 Å². The fraction of sp³-hybridized carbons (Fsp3) is 0.333. The Morgan fingerprint density at radius 2 is 1.71 bits per heavy atom. The number of halogens is 3. The summed E-state index contributed by atoms with van der Waals surface area (Å²) in [6.45, 7) is 1.60. The highest BCUT2D eigenvalue weighted by molar-refractivity contribution is 6.36. The first-order valence-corrected chi connectivity index (χ1v) is 4.67. The molecule has 0 spiro atoms. The summed E-state index contributed by atoms with van der Waals surface area (Å²) in [5.41, 5.74) is 6.32. The second kappa shape index (κ2) is 5.79. The molecular formula is C9H12Cl3NO. The molecule has 2 nitrogen and oxygen atoms in total. The van der Waals surface area contributed by atoms with Crippen molar-refractivity contribution in [1.82, 2.24) is 0 Å². The lowest BCUT2D eigenvalue weighted by molar-refractivity contribution is 0.164. The summed E-state index contributed by atoms with van der Waals surface area (Å²) in [4.78, 5) is 0. The molecule has 0 fully saturated rings. The van der Waals surface area contributed by atoms with E-state index in [1.165, 1.54) is 0 Å². The predicted octanol–water partition coefficient (Wildman–Crippen LogP) is 2.80. The Bertz CT molecular complexity index is 284. The molecule has 0 aliphatic carbocycles. The Hall–Kier alpha value is 0.01000. The zero-order chi connectivity index (χ0) is 10.0. The van der Waals surface area contributed by atoms with Crippen LogP contribution in [0.3, 0.4) is 0 Å². The summed E-state index contributed by atoms with van der Waals surface area (Å²) in [5, 5.41) is 10.3. The molecule has 1 rings (SSSR count). The third kappa shape index (κ3) is 3.01. The van der Waals surface area contributed by atoms with Gasteiger partial charge in [0.1, 0.15) is 0 Å². The molecule has 0 aliphatic rings. The molecule has 0 radical (unpaired) electrons. The third-order valence-electron chi connectivity index (χ3n) is 1.85. The van der Waals surface area contributed by atoms with Crippen LogP contribution in [-0.2, 0) is 0 Å². The van der Waals surface area contributed by atoms with E-state index in [1.807, 2.05) is 0 Å². The number of rotatable bonds is 2. The van der Waals surface area contributed by atoms with Gasteiger partial charge in [0.05, 0.1) is 12.1 Å². The van der Waals surface area contributed by atoms with E-state index < -0.39 is 12.1 Å². The SMILES string of the molecule is C[C@H](O)[C@H](N)c1c(Cl)cccc1Cl.Cl.